The molecule has 0 bridgehead atoms. The molecule has 0 radical (unpaired) electrons. The highest BCUT2D eigenvalue weighted by Gasteiger charge is 2.13. The van der Waals surface area contributed by atoms with Crippen LogP contribution in [0.1, 0.15) is 11.1 Å². The van der Waals surface area contributed by atoms with Crippen LogP contribution in [0.15, 0.2) is 42.5 Å². The lowest BCUT2D eigenvalue weighted by atomic mass is 10.1. The van der Waals surface area contributed by atoms with Crippen molar-refractivity contribution in [2.45, 2.75) is 13.0 Å². The molecule has 3 rings (SSSR count). The molecule has 0 unspecified atom stereocenters. The van der Waals surface area contributed by atoms with Crippen LogP contribution in [-0.2, 0) is 13.0 Å². The standard InChI is InChI=1S/C15H15NO2/c17-13-4-6-14(7-5-13)18-10-12-3-1-2-11-8-9-16-15(11)12/h1-7,16-17H,8-10H2. The van der Waals surface area contributed by atoms with Gasteiger partial charge in [-0.2, -0.15) is 0 Å². The number of nitrogens with one attached hydrogen (secondary N) is 1. The molecule has 0 fully saturated rings. The zero-order valence-corrected chi connectivity index (χ0v) is 10.0. The molecule has 18 heavy (non-hydrogen) atoms. The van der Waals surface area contributed by atoms with Gasteiger partial charge >= 0.3 is 0 Å². The van der Waals surface area contributed by atoms with Crippen LogP contribution in [0, 0.1) is 0 Å². The maximum atomic E-state index is 9.20. The van der Waals surface area contributed by atoms with E-state index in [0.29, 0.717) is 6.61 Å². The molecule has 2 aromatic rings. The van der Waals surface area contributed by atoms with Crippen molar-refractivity contribution in [1.82, 2.24) is 0 Å². The number of hydrogen-bond acceptors (Lipinski definition) is 3. The predicted molar refractivity (Wildman–Crippen MR) is 71.1 cm³/mol. The van der Waals surface area contributed by atoms with Crippen molar-refractivity contribution < 1.29 is 9.84 Å². The zero-order valence-electron chi connectivity index (χ0n) is 10.0. The first-order valence-corrected chi connectivity index (χ1v) is 6.09. The lowest BCUT2D eigenvalue weighted by molar-refractivity contribution is 0.306. The molecule has 2 aromatic carbocycles. The smallest absolute Gasteiger partial charge is 0.120 e. The number of phenols is 1. The first-order chi connectivity index (χ1) is 8.83. The number of rotatable bonds is 3. The van der Waals surface area contributed by atoms with Gasteiger partial charge in [-0.05, 0) is 36.2 Å². The summed E-state index contributed by atoms with van der Waals surface area (Å²) in [7, 11) is 0. The number of hydrogen-bond donors (Lipinski definition) is 2. The van der Waals surface area contributed by atoms with Crippen molar-refractivity contribution in [3.8, 4) is 11.5 Å². The van der Waals surface area contributed by atoms with Gasteiger partial charge in [-0.25, -0.2) is 0 Å². The minimum atomic E-state index is 0.254. The first kappa shape index (κ1) is 11.0. The zero-order chi connectivity index (χ0) is 12.4. The fourth-order valence-corrected chi connectivity index (χ4v) is 2.23. The molecule has 3 nitrogen and oxygen atoms in total. The first-order valence-electron chi connectivity index (χ1n) is 6.09. The van der Waals surface area contributed by atoms with Gasteiger partial charge in [0.15, 0.2) is 0 Å². The summed E-state index contributed by atoms with van der Waals surface area (Å²) in [6.07, 6.45) is 1.09. The van der Waals surface area contributed by atoms with E-state index in [-0.39, 0.29) is 5.75 Å². The molecule has 0 atom stereocenters. The highest BCUT2D eigenvalue weighted by atomic mass is 16.5. The van der Waals surface area contributed by atoms with E-state index in [1.54, 1.807) is 24.3 Å². The molecule has 1 aliphatic rings. The molecule has 1 heterocycles. The van der Waals surface area contributed by atoms with Gasteiger partial charge in [0.05, 0.1) is 0 Å². The lowest BCUT2D eigenvalue weighted by Crippen LogP contribution is -2.00. The van der Waals surface area contributed by atoms with Gasteiger partial charge in [0.2, 0.25) is 0 Å². The van der Waals surface area contributed by atoms with Crippen LogP contribution >= 0.6 is 0 Å². The molecule has 1 aliphatic heterocycles. The minimum absolute atomic E-state index is 0.254. The second-order valence-electron chi connectivity index (χ2n) is 4.41. The van der Waals surface area contributed by atoms with Crippen LogP contribution < -0.4 is 10.1 Å². The van der Waals surface area contributed by atoms with E-state index in [9.17, 15) is 5.11 Å². The molecule has 92 valence electrons. The highest BCUT2D eigenvalue weighted by molar-refractivity contribution is 5.61. The normalized spacial score (nSPS) is 12.9. The van der Waals surface area contributed by atoms with E-state index in [2.05, 4.69) is 23.5 Å². The summed E-state index contributed by atoms with van der Waals surface area (Å²) in [6.45, 7) is 1.55. The van der Waals surface area contributed by atoms with E-state index in [1.165, 1.54) is 16.8 Å². The topological polar surface area (TPSA) is 41.5 Å². The van der Waals surface area contributed by atoms with E-state index in [0.717, 1.165) is 18.7 Å². The van der Waals surface area contributed by atoms with Crippen LogP contribution in [0.2, 0.25) is 0 Å². The molecule has 0 aromatic heterocycles. The fraction of sp³-hybridized carbons (Fsp3) is 0.200. The number of anilines is 1. The molecule has 2 N–H and O–H groups in total. The van der Waals surface area contributed by atoms with Crippen LogP contribution in [0.5, 0.6) is 11.5 Å². The molecule has 0 aliphatic carbocycles. The third-order valence-corrected chi connectivity index (χ3v) is 3.16. The summed E-state index contributed by atoms with van der Waals surface area (Å²) in [5, 5.41) is 12.6. The Hall–Kier alpha value is -2.16. The summed E-state index contributed by atoms with van der Waals surface area (Å²) in [6, 6.07) is 13.1. The van der Waals surface area contributed by atoms with Crippen LogP contribution in [0.4, 0.5) is 5.69 Å². The SMILES string of the molecule is Oc1ccc(OCc2cccc3c2NCC3)cc1. The number of phenolic OH excluding ortho intramolecular Hbond substituents is 1. The quantitative estimate of drug-likeness (QED) is 0.868. The monoisotopic (exact) mass is 241 g/mol. The molecule has 0 amide bonds. The van der Waals surface area contributed by atoms with Crippen LogP contribution in [-0.4, -0.2) is 11.7 Å². The van der Waals surface area contributed by atoms with Crippen LogP contribution in [0.3, 0.4) is 0 Å². The Morgan fingerprint density at radius 3 is 2.78 bits per heavy atom. The summed E-state index contributed by atoms with van der Waals surface area (Å²) in [5.41, 5.74) is 3.76. The fourth-order valence-electron chi connectivity index (χ4n) is 2.23. The van der Waals surface area contributed by atoms with Gasteiger partial charge in [0, 0.05) is 17.8 Å². The van der Waals surface area contributed by atoms with Crippen molar-refractivity contribution in [3.05, 3.63) is 53.6 Å². The van der Waals surface area contributed by atoms with E-state index < -0.39 is 0 Å². The van der Waals surface area contributed by atoms with Gasteiger partial charge in [0.25, 0.3) is 0 Å². The number of aromatic hydroxyl groups is 1. The van der Waals surface area contributed by atoms with Gasteiger partial charge in [0.1, 0.15) is 18.1 Å². The number of benzene rings is 2. The predicted octanol–water partition coefficient (Wildman–Crippen LogP) is 2.94. The minimum Gasteiger partial charge on any atom is -0.508 e. The Morgan fingerprint density at radius 1 is 1.11 bits per heavy atom. The average Bonchev–Trinajstić information content (AvgIpc) is 2.87. The maximum absolute atomic E-state index is 9.20. The summed E-state index contributed by atoms with van der Waals surface area (Å²) >= 11 is 0. The van der Waals surface area contributed by atoms with Gasteiger partial charge < -0.3 is 15.2 Å². The van der Waals surface area contributed by atoms with Crippen molar-refractivity contribution in [3.63, 3.8) is 0 Å². The van der Waals surface area contributed by atoms with Crippen molar-refractivity contribution in [2.75, 3.05) is 11.9 Å². The van der Waals surface area contributed by atoms with Crippen molar-refractivity contribution >= 4 is 5.69 Å². The Bertz CT molecular complexity index is 549. The Labute approximate surface area is 106 Å². The average molecular weight is 241 g/mol. The Balaban J connectivity index is 1.74. The molecular weight excluding hydrogens is 226 g/mol. The second kappa shape index (κ2) is 4.61. The van der Waals surface area contributed by atoms with Gasteiger partial charge in [-0.3, -0.25) is 0 Å². The third kappa shape index (κ3) is 2.12. The Morgan fingerprint density at radius 2 is 1.94 bits per heavy atom. The largest absolute Gasteiger partial charge is 0.508 e. The summed E-state index contributed by atoms with van der Waals surface area (Å²) in [4.78, 5) is 0. The van der Waals surface area contributed by atoms with Gasteiger partial charge in [-0.15, -0.1) is 0 Å². The summed E-state index contributed by atoms with van der Waals surface area (Å²) in [5.74, 6) is 1.02. The maximum Gasteiger partial charge on any atom is 0.120 e. The molecule has 0 spiro atoms. The van der Waals surface area contributed by atoms with E-state index in [4.69, 9.17) is 4.74 Å². The number of ether oxygens (including phenoxy) is 1. The summed E-state index contributed by atoms with van der Waals surface area (Å²) < 4.78 is 5.72. The molecule has 0 saturated heterocycles. The van der Waals surface area contributed by atoms with Gasteiger partial charge in [-0.1, -0.05) is 18.2 Å². The third-order valence-electron chi connectivity index (χ3n) is 3.16. The number of fused-ring (bicyclic) bond motifs is 1. The van der Waals surface area contributed by atoms with Crippen molar-refractivity contribution in [1.29, 1.82) is 0 Å². The van der Waals surface area contributed by atoms with Crippen LogP contribution in [0.25, 0.3) is 0 Å². The highest BCUT2D eigenvalue weighted by Crippen LogP contribution is 2.27. The van der Waals surface area contributed by atoms with Crippen molar-refractivity contribution in [2.24, 2.45) is 0 Å². The Kier molecular flexibility index (Phi) is 2.81. The molecule has 0 saturated carbocycles. The lowest BCUT2D eigenvalue weighted by Gasteiger charge is -2.10. The van der Waals surface area contributed by atoms with E-state index >= 15 is 0 Å². The molecular formula is C15H15NO2. The number of para-hydroxylation sites is 1. The molecule has 3 heteroatoms. The van der Waals surface area contributed by atoms with E-state index in [1.807, 2.05) is 0 Å². The second-order valence-corrected chi connectivity index (χ2v) is 4.41.